The third kappa shape index (κ3) is 1.94. The van der Waals surface area contributed by atoms with E-state index < -0.39 is 0 Å². The molecule has 0 aliphatic rings. The second kappa shape index (κ2) is 3.90. The van der Waals surface area contributed by atoms with E-state index in [0.29, 0.717) is 5.89 Å². The van der Waals surface area contributed by atoms with E-state index in [0.717, 1.165) is 16.9 Å². The maximum absolute atomic E-state index is 5.57. The number of rotatable bonds is 2. The van der Waals surface area contributed by atoms with Gasteiger partial charge in [-0.1, -0.05) is 6.07 Å². The van der Waals surface area contributed by atoms with Crippen LogP contribution in [0.1, 0.15) is 5.56 Å². The molecular weight excluding hydrogens is 216 g/mol. The zero-order valence-electron chi connectivity index (χ0n) is 8.32. The highest BCUT2D eigenvalue weighted by molar-refractivity contribution is 6.28. The Kier molecular flexibility index (Phi) is 2.60. The molecule has 0 unspecified atom stereocenters. The first-order valence-electron chi connectivity index (χ1n) is 4.35. The topological polar surface area (TPSA) is 48.2 Å². The highest BCUT2D eigenvalue weighted by atomic mass is 35.5. The van der Waals surface area contributed by atoms with Crippen molar-refractivity contribution in [2.45, 2.75) is 6.92 Å². The van der Waals surface area contributed by atoms with E-state index in [9.17, 15) is 0 Å². The molecule has 15 heavy (non-hydrogen) atoms. The molecule has 1 aromatic carbocycles. The highest BCUT2D eigenvalue weighted by Crippen LogP contribution is 2.26. The molecule has 1 aromatic heterocycles. The number of benzene rings is 1. The van der Waals surface area contributed by atoms with Gasteiger partial charge in [0.05, 0.1) is 7.11 Å². The van der Waals surface area contributed by atoms with Crippen molar-refractivity contribution in [2.24, 2.45) is 0 Å². The molecule has 2 rings (SSSR count). The van der Waals surface area contributed by atoms with Crippen LogP contribution in [0.5, 0.6) is 5.75 Å². The van der Waals surface area contributed by atoms with E-state index in [1.54, 1.807) is 7.11 Å². The van der Waals surface area contributed by atoms with Crippen molar-refractivity contribution in [2.75, 3.05) is 7.11 Å². The number of aromatic nitrogens is 2. The third-order valence-corrected chi connectivity index (χ3v) is 2.21. The van der Waals surface area contributed by atoms with Gasteiger partial charge in [-0.05, 0) is 41.4 Å². The van der Waals surface area contributed by atoms with Gasteiger partial charge in [0, 0.05) is 5.56 Å². The summed E-state index contributed by atoms with van der Waals surface area (Å²) >= 11 is 5.57. The number of hydrogen-bond donors (Lipinski definition) is 0. The molecule has 0 saturated heterocycles. The molecule has 0 aliphatic carbocycles. The number of ether oxygens (including phenoxy) is 1. The molecule has 2 aromatic rings. The fourth-order valence-corrected chi connectivity index (χ4v) is 1.39. The third-order valence-electron chi connectivity index (χ3n) is 2.06. The predicted molar refractivity (Wildman–Crippen MR) is 56.0 cm³/mol. The molecule has 5 heteroatoms. The normalized spacial score (nSPS) is 10.3. The monoisotopic (exact) mass is 224 g/mol. The maximum Gasteiger partial charge on any atom is 0.264 e. The van der Waals surface area contributed by atoms with E-state index in [2.05, 4.69) is 10.1 Å². The van der Waals surface area contributed by atoms with Crippen LogP contribution in [0.4, 0.5) is 0 Å². The maximum atomic E-state index is 5.57. The molecule has 0 N–H and O–H groups in total. The first-order valence-corrected chi connectivity index (χ1v) is 4.72. The van der Waals surface area contributed by atoms with Gasteiger partial charge in [-0.15, -0.1) is 0 Å². The Morgan fingerprint density at radius 3 is 2.80 bits per heavy atom. The Labute approximate surface area is 91.8 Å². The van der Waals surface area contributed by atoms with Crippen LogP contribution in [-0.4, -0.2) is 17.3 Å². The summed E-state index contributed by atoms with van der Waals surface area (Å²) in [7, 11) is 1.62. The second-order valence-corrected chi connectivity index (χ2v) is 3.39. The van der Waals surface area contributed by atoms with Crippen LogP contribution in [0, 0.1) is 6.92 Å². The number of aryl methyl sites for hydroxylation is 1. The lowest BCUT2D eigenvalue weighted by Gasteiger charge is -2.04. The lowest BCUT2D eigenvalue weighted by molar-refractivity contribution is 0.410. The lowest BCUT2D eigenvalue weighted by atomic mass is 10.1. The Bertz CT molecular complexity index is 482. The van der Waals surface area contributed by atoms with Crippen LogP contribution in [0.2, 0.25) is 5.28 Å². The van der Waals surface area contributed by atoms with Crippen molar-refractivity contribution in [1.82, 2.24) is 10.1 Å². The number of methoxy groups -OCH3 is 1. The van der Waals surface area contributed by atoms with E-state index in [-0.39, 0.29) is 5.28 Å². The van der Waals surface area contributed by atoms with Gasteiger partial charge in [-0.3, -0.25) is 0 Å². The second-order valence-electron chi connectivity index (χ2n) is 3.05. The van der Waals surface area contributed by atoms with E-state index in [4.69, 9.17) is 20.9 Å². The zero-order valence-corrected chi connectivity index (χ0v) is 9.08. The first kappa shape index (κ1) is 9.98. The summed E-state index contributed by atoms with van der Waals surface area (Å²) in [6.45, 7) is 1.96. The van der Waals surface area contributed by atoms with E-state index >= 15 is 0 Å². The summed E-state index contributed by atoms with van der Waals surface area (Å²) in [5.74, 6) is 1.17. The van der Waals surface area contributed by atoms with Gasteiger partial charge < -0.3 is 9.26 Å². The summed E-state index contributed by atoms with van der Waals surface area (Å²) in [6.07, 6.45) is 0. The van der Waals surface area contributed by atoms with Crippen molar-refractivity contribution in [3.05, 3.63) is 29.0 Å². The van der Waals surface area contributed by atoms with Crippen molar-refractivity contribution < 1.29 is 9.26 Å². The Balaban J connectivity index is 2.45. The van der Waals surface area contributed by atoms with Crippen molar-refractivity contribution in [3.63, 3.8) is 0 Å². The van der Waals surface area contributed by atoms with Gasteiger partial charge in [-0.2, -0.15) is 4.98 Å². The molecular formula is C10H9ClN2O2. The Morgan fingerprint density at radius 1 is 1.40 bits per heavy atom. The summed E-state index contributed by atoms with van der Waals surface area (Å²) in [5.41, 5.74) is 1.84. The van der Waals surface area contributed by atoms with Crippen molar-refractivity contribution in [3.8, 4) is 17.2 Å². The molecule has 0 saturated carbocycles. The average Bonchev–Trinajstić information content (AvgIpc) is 2.66. The van der Waals surface area contributed by atoms with Crippen LogP contribution in [0.3, 0.4) is 0 Å². The first-order chi connectivity index (χ1) is 7.20. The summed E-state index contributed by atoms with van der Waals surface area (Å²) in [6, 6.07) is 5.63. The minimum absolute atomic E-state index is 0.101. The predicted octanol–water partition coefficient (Wildman–Crippen LogP) is 2.71. The molecule has 4 nitrogen and oxygen atoms in total. The van der Waals surface area contributed by atoms with Crippen molar-refractivity contribution in [1.29, 1.82) is 0 Å². The standard InChI is InChI=1S/C10H9ClN2O2/c1-6-3-4-7(5-8(6)14-2)9-12-10(11)13-15-9/h3-5H,1-2H3. The number of hydrogen-bond acceptors (Lipinski definition) is 4. The van der Waals surface area contributed by atoms with Crippen LogP contribution < -0.4 is 4.74 Å². The minimum atomic E-state index is 0.101. The minimum Gasteiger partial charge on any atom is -0.496 e. The largest absolute Gasteiger partial charge is 0.496 e. The fraction of sp³-hybridized carbons (Fsp3) is 0.200. The van der Waals surface area contributed by atoms with Crippen LogP contribution in [-0.2, 0) is 0 Å². The lowest BCUT2D eigenvalue weighted by Crippen LogP contribution is -1.87. The Hall–Kier alpha value is -1.55. The van der Waals surface area contributed by atoms with Crippen molar-refractivity contribution >= 4 is 11.6 Å². The molecule has 0 fully saturated rings. The summed E-state index contributed by atoms with van der Waals surface area (Å²) in [4.78, 5) is 3.92. The van der Waals surface area contributed by atoms with Gasteiger partial charge in [0.25, 0.3) is 11.2 Å². The molecule has 0 spiro atoms. The molecule has 0 bridgehead atoms. The van der Waals surface area contributed by atoms with E-state index in [1.807, 2.05) is 25.1 Å². The summed E-state index contributed by atoms with van der Waals surface area (Å²) < 4.78 is 10.1. The molecule has 1 heterocycles. The molecule has 0 radical (unpaired) electrons. The fourth-order valence-electron chi connectivity index (χ4n) is 1.28. The highest BCUT2D eigenvalue weighted by Gasteiger charge is 2.09. The Morgan fingerprint density at radius 2 is 2.20 bits per heavy atom. The van der Waals surface area contributed by atoms with Gasteiger partial charge in [-0.25, -0.2) is 0 Å². The molecule has 78 valence electrons. The van der Waals surface area contributed by atoms with Gasteiger partial charge in [0.2, 0.25) is 0 Å². The quantitative estimate of drug-likeness (QED) is 0.787. The van der Waals surface area contributed by atoms with Crippen LogP contribution >= 0.6 is 11.6 Å². The molecule has 0 amide bonds. The SMILES string of the molecule is COc1cc(-c2nc(Cl)no2)ccc1C. The van der Waals surface area contributed by atoms with E-state index in [1.165, 1.54) is 0 Å². The average molecular weight is 225 g/mol. The summed E-state index contributed by atoms with van der Waals surface area (Å²) in [5, 5.41) is 3.61. The van der Waals surface area contributed by atoms with Gasteiger partial charge in [0.1, 0.15) is 5.75 Å². The molecule has 0 aliphatic heterocycles. The van der Waals surface area contributed by atoms with Crippen LogP contribution in [0.25, 0.3) is 11.5 Å². The molecule has 0 atom stereocenters. The van der Waals surface area contributed by atoms with Gasteiger partial charge >= 0.3 is 0 Å². The van der Waals surface area contributed by atoms with Crippen LogP contribution in [0.15, 0.2) is 22.7 Å². The smallest absolute Gasteiger partial charge is 0.264 e. The zero-order chi connectivity index (χ0) is 10.8. The van der Waals surface area contributed by atoms with Gasteiger partial charge in [0.15, 0.2) is 0 Å². The number of nitrogens with zero attached hydrogens (tertiary/aromatic N) is 2. The number of halogens is 1.